The summed E-state index contributed by atoms with van der Waals surface area (Å²) in [7, 11) is 1.64. The number of aryl methyl sites for hydroxylation is 1. The molecule has 2 heterocycles. The molecule has 0 fully saturated rings. The highest BCUT2D eigenvalue weighted by Gasteiger charge is 2.10. The Bertz CT molecular complexity index is 839. The van der Waals surface area contributed by atoms with Crippen molar-refractivity contribution in [3.63, 3.8) is 0 Å². The molecule has 1 aromatic carbocycles. The molecule has 3 aromatic rings. The maximum Gasteiger partial charge on any atom is 0.260 e. The van der Waals surface area contributed by atoms with Crippen LogP contribution in [0, 0.1) is 0 Å². The van der Waals surface area contributed by atoms with Gasteiger partial charge in [-0.25, -0.2) is 9.97 Å². The second kappa shape index (κ2) is 4.86. The summed E-state index contributed by atoms with van der Waals surface area (Å²) in [6, 6.07) is 4.81. The van der Waals surface area contributed by atoms with Gasteiger partial charge in [-0.3, -0.25) is 14.9 Å². The molecule has 0 saturated heterocycles. The van der Waals surface area contributed by atoms with Crippen LogP contribution >= 0.6 is 11.3 Å². The van der Waals surface area contributed by atoms with Crippen molar-refractivity contribution in [3.8, 4) is 0 Å². The summed E-state index contributed by atoms with van der Waals surface area (Å²) in [5, 5.41) is 5.49. The molecule has 0 spiro atoms. The van der Waals surface area contributed by atoms with Crippen molar-refractivity contribution in [2.24, 2.45) is 7.05 Å². The van der Waals surface area contributed by atoms with Gasteiger partial charge >= 0.3 is 0 Å². The van der Waals surface area contributed by atoms with Crippen molar-refractivity contribution in [3.05, 3.63) is 52.0 Å². The minimum atomic E-state index is -0.274. The average Bonchev–Trinajstić information content (AvgIpc) is 2.95. The van der Waals surface area contributed by atoms with E-state index in [9.17, 15) is 9.59 Å². The zero-order valence-corrected chi connectivity index (χ0v) is 11.3. The van der Waals surface area contributed by atoms with Crippen LogP contribution in [-0.4, -0.2) is 20.4 Å². The summed E-state index contributed by atoms with van der Waals surface area (Å²) >= 11 is 1.34. The second-order valence-corrected chi connectivity index (χ2v) is 5.08. The molecule has 20 heavy (non-hydrogen) atoms. The third-order valence-corrected chi connectivity index (χ3v) is 3.52. The average molecular weight is 286 g/mol. The van der Waals surface area contributed by atoms with E-state index in [-0.39, 0.29) is 11.5 Å². The van der Waals surface area contributed by atoms with Gasteiger partial charge in [-0.05, 0) is 18.2 Å². The molecule has 1 amide bonds. The maximum absolute atomic E-state index is 12.1. The molecule has 0 aliphatic heterocycles. The first kappa shape index (κ1) is 12.5. The van der Waals surface area contributed by atoms with E-state index in [4.69, 9.17) is 0 Å². The van der Waals surface area contributed by atoms with E-state index in [0.29, 0.717) is 21.6 Å². The monoisotopic (exact) mass is 286 g/mol. The van der Waals surface area contributed by atoms with Crippen LogP contribution in [0.3, 0.4) is 0 Å². The number of rotatable bonds is 2. The van der Waals surface area contributed by atoms with Crippen LogP contribution in [0.1, 0.15) is 10.4 Å². The molecule has 6 nitrogen and oxygen atoms in total. The fourth-order valence-electron chi connectivity index (χ4n) is 1.81. The topological polar surface area (TPSA) is 76.9 Å². The number of aromatic nitrogens is 3. The van der Waals surface area contributed by atoms with Gasteiger partial charge in [-0.2, -0.15) is 0 Å². The summed E-state index contributed by atoms with van der Waals surface area (Å²) in [5.41, 5.74) is 0.801. The number of nitrogens with zero attached hydrogens (tertiary/aromatic N) is 3. The summed E-state index contributed by atoms with van der Waals surface area (Å²) in [6.45, 7) is 0. The van der Waals surface area contributed by atoms with Crippen molar-refractivity contribution in [1.82, 2.24) is 14.5 Å². The van der Waals surface area contributed by atoms with E-state index in [1.807, 2.05) is 0 Å². The van der Waals surface area contributed by atoms with Crippen LogP contribution < -0.4 is 10.9 Å². The number of carbonyl (C=O) groups excluding carboxylic acids is 1. The normalized spacial score (nSPS) is 10.7. The van der Waals surface area contributed by atoms with Crippen molar-refractivity contribution in [2.45, 2.75) is 0 Å². The van der Waals surface area contributed by atoms with Gasteiger partial charge in [0.2, 0.25) is 0 Å². The quantitative estimate of drug-likeness (QED) is 0.777. The highest BCUT2D eigenvalue weighted by atomic mass is 32.1. The molecule has 7 heteroatoms. The Hall–Kier alpha value is -2.54. The number of hydrogen-bond acceptors (Lipinski definition) is 5. The van der Waals surface area contributed by atoms with E-state index in [1.54, 1.807) is 36.8 Å². The van der Waals surface area contributed by atoms with Gasteiger partial charge in [0.15, 0.2) is 5.13 Å². The second-order valence-electron chi connectivity index (χ2n) is 4.18. The molecule has 0 unspecified atom stereocenters. The van der Waals surface area contributed by atoms with Crippen molar-refractivity contribution in [1.29, 1.82) is 0 Å². The Morgan fingerprint density at radius 3 is 2.95 bits per heavy atom. The van der Waals surface area contributed by atoms with Gasteiger partial charge in [0.25, 0.3) is 11.5 Å². The number of benzene rings is 1. The first-order chi connectivity index (χ1) is 9.65. The lowest BCUT2D eigenvalue weighted by Gasteiger charge is -2.04. The van der Waals surface area contributed by atoms with Gasteiger partial charge < -0.3 is 4.57 Å². The minimum absolute atomic E-state index is 0.137. The zero-order valence-electron chi connectivity index (χ0n) is 10.5. The molecule has 0 bridgehead atoms. The third kappa shape index (κ3) is 2.19. The Morgan fingerprint density at radius 1 is 1.35 bits per heavy atom. The molecule has 3 rings (SSSR count). The van der Waals surface area contributed by atoms with Gasteiger partial charge in [0.05, 0.1) is 17.2 Å². The van der Waals surface area contributed by atoms with E-state index in [0.717, 1.165) is 0 Å². The molecule has 0 saturated carbocycles. The molecule has 0 aliphatic rings. The summed E-state index contributed by atoms with van der Waals surface area (Å²) in [5.74, 6) is -0.274. The van der Waals surface area contributed by atoms with E-state index < -0.39 is 0 Å². The lowest BCUT2D eigenvalue weighted by atomic mass is 10.1. The predicted molar refractivity (Wildman–Crippen MR) is 77.1 cm³/mol. The Morgan fingerprint density at radius 2 is 2.20 bits per heavy atom. The minimum Gasteiger partial charge on any atom is -0.302 e. The largest absolute Gasteiger partial charge is 0.302 e. The molecule has 0 aliphatic carbocycles. The Labute approximate surface area is 117 Å². The van der Waals surface area contributed by atoms with Crippen LogP contribution in [0.5, 0.6) is 0 Å². The summed E-state index contributed by atoms with van der Waals surface area (Å²) < 4.78 is 1.40. The highest BCUT2D eigenvalue weighted by molar-refractivity contribution is 7.13. The SMILES string of the molecule is Cn1cnc2cc(C(=O)Nc3nccs3)ccc2c1=O. The first-order valence-electron chi connectivity index (χ1n) is 5.81. The van der Waals surface area contributed by atoms with Crippen molar-refractivity contribution < 1.29 is 4.79 Å². The fraction of sp³-hybridized carbons (Fsp3) is 0.0769. The standard InChI is InChI=1S/C13H10N4O2S/c1-17-7-15-10-6-8(2-3-9(10)12(17)19)11(18)16-13-14-4-5-20-13/h2-7H,1H3,(H,14,16,18). The van der Waals surface area contributed by atoms with Crippen LogP contribution in [0.25, 0.3) is 10.9 Å². The Kier molecular flexibility index (Phi) is 3.03. The number of nitrogens with one attached hydrogen (secondary N) is 1. The highest BCUT2D eigenvalue weighted by Crippen LogP contribution is 2.14. The smallest absolute Gasteiger partial charge is 0.260 e. The predicted octanol–water partition coefficient (Wildman–Crippen LogP) is 1.64. The fourth-order valence-corrected chi connectivity index (χ4v) is 2.33. The van der Waals surface area contributed by atoms with Crippen molar-refractivity contribution >= 4 is 33.3 Å². The molecule has 0 atom stereocenters. The van der Waals surface area contributed by atoms with E-state index >= 15 is 0 Å². The summed E-state index contributed by atoms with van der Waals surface area (Å²) in [6.07, 6.45) is 3.05. The number of anilines is 1. The van der Waals surface area contributed by atoms with E-state index in [2.05, 4.69) is 15.3 Å². The molecule has 0 radical (unpaired) electrons. The lowest BCUT2D eigenvalue weighted by Crippen LogP contribution is -2.17. The molecule has 1 N–H and O–H groups in total. The maximum atomic E-state index is 12.1. The number of fused-ring (bicyclic) bond motifs is 1. The Balaban J connectivity index is 1.99. The molecular formula is C13H10N4O2S. The first-order valence-corrected chi connectivity index (χ1v) is 6.69. The summed E-state index contributed by atoms with van der Waals surface area (Å²) in [4.78, 5) is 32.1. The number of carbonyl (C=O) groups is 1. The van der Waals surface area contributed by atoms with Crippen LogP contribution in [0.4, 0.5) is 5.13 Å². The molecule has 2 aromatic heterocycles. The number of amides is 1. The van der Waals surface area contributed by atoms with Crippen LogP contribution in [0.2, 0.25) is 0 Å². The van der Waals surface area contributed by atoms with Gasteiger partial charge in [0, 0.05) is 24.2 Å². The van der Waals surface area contributed by atoms with Crippen LogP contribution in [0.15, 0.2) is 40.9 Å². The zero-order chi connectivity index (χ0) is 14.1. The van der Waals surface area contributed by atoms with E-state index in [1.165, 1.54) is 22.2 Å². The number of hydrogen-bond donors (Lipinski definition) is 1. The van der Waals surface area contributed by atoms with Gasteiger partial charge in [-0.15, -0.1) is 11.3 Å². The van der Waals surface area contributed by atoms with Crippen LogP contribution in [-0.2, 0) is 7.05 Å². The van der Waals surface area contributed by atoms with Gasteiger partial charge in [-0.1, -0.05) is 0 Å². The molecular weight excluding hydrogens is 276 g/mol. The lowest BCUT2D eigenvalue weighted by molar-refractivity contribution is 0.102. The number of thiazole rings is 1. The molecule has 100 valence electrons. The third-order valence-electron chi connectivity index (χ3n) is 2.83. The van der Waals surface area contributed by atoms with Gasteiger partial charge in [0.1, 0.15) is 0 Å². The van der Waals surface area contributed by atoms with Crippen molar-refractivity contribution in [2.75, 3.05) is 5.32 Å².